The molecule has 0 aliphatic rings. The van der Waals surface area contributed by atoms with Crippen LogP contribution in [0.5, 0.6) is 0 Å². The summed E-state index contributed by atoms with van der Waals surface area (Å²) in [5, 5.41) is 10.6. The van der Waals surface area contributed by atoms with Crippen LogP contribution in [0.2, 0.25) is 5.02 Å². The molecule has 0 bridgehead atoms. The summed E-state index contributed by atoms with van der Waals surface area (Å²) in [7, 11) is 0. The third-order valence-electron chi connectivity index (χ3n) is 2.70. The fourth-order valence-corrected chi connectivity index (χ4v) is 2.97. The van der Waals surface area contributed by atoms with Gasteiger partial charge in [-0.1, -0.05) is 30.7 Å². The Morgan fingerprint density at radius 3 is 2.41 bits per heavy atom. The first kappa shape index (κ1) is 14.8. The molecule has 0 saturated heterocycles. The summed E-state index contributed by atoms with van der Waals surface area (Å²) in [6.07, 6.45) is -0.347. The average molecular weight is 274 g/mol. The molecule has 4 unspecified atom stereocenters. The van der Waals surface area contributed by atoms with E-state index in [0.717, 1.165) is 10.6 Å². The standard InChI is InChI=1S/C13H20ClNOS/c1-8(15)13(17-10(3)9(2)16)11-5-4-6-12(14)7-11/h4-10,13,16H,15H2,1-3H3. The lowest BCUT2D eigenvalue weighted by molar-refractivity contribution is 0.196. The van der Waals surface area contributed by atoms with Crippen molar-refractivity contribution in [1.29, 1.82) is 0 Å². The summed E-state index contributed by atoms with van der Waals surface area (Å²) in [6, 6.07) is 7.77. The molecule has 0 aliphatic carbocycles. The predicted octanol–water partition coefficient (Wildman–Crippen LogP) is 3.23. The Balaban J connectivity index is 2.86. The third-order valence-corrected chi connectivity index (χ3v) is 4.75. The van der Waals surface area contributed by atoms with Crippen LogP contribution in [0.25, 0.3) is 0 Å². The Hall–Kier alpha value is -0.220. The highest BCUT2D eigenvalue weighted by atomic mass is 35.5. The zero-order chi connectivity index (χ0) is 13.0. The van der Waals surface area contributed by atoms with Gasteiger partial charge in [-0.25, -0.2) is 0 Å². The number of thioether (sulfide) groups is 1. The van der Waals surface area contributed by atoms with Crippen molar-refractivity contribution in [3.63, 3.8) is 0 Å². The van der Waals surface area contributed by atoms with Crippen LogP contribution in [0.1, 0.15) is 31.6 Å². The van der Waals surface area contributed by atoms with E-state index in [0.29, 0.717) is 0 Å². The number of hydrogen-bond donors (Lipinski definition) is 2. The quantitative estimate of drug-likeness (QED) is 0.866. The zero-order valence-corrected chi connectivity index (χ0v) is 12.0. The van der Waals surface area contributed by atoms with Gasteiger partial charge in [-0.15, -0.1) is 11.8 Å². The summed E-state index contributed by atoms with van der Waals surface area (Å²) in [5.41, 5.74) is 7.14. The van der Waals surface area contributed by atoms with Crippen LogP contribution >= 0.6 is 23.4 Å². The molecule has 4 heteroatoms. The lowest BCUT2D eigenvalue weighted by Gasteiger charge is -2.25. The highest BCUT2D eigenvalue weighted by Crippen LogP contribution is 2.36. The Morgan fingerprint density at radius 1 is 1.29 bits per heavy atom. The lowest BCUT2D eigenvalue weighted by Crippen LogP contribution is -2.26. The van der Waals surface area contributed by atoms with Gasteiger partial charge in [0.05, 0.1) is 6.10 Å². The van der Waals surface area contributed by atoms with E-state index in [1.165, 1.54) is 0 Å². The van der Waals surface area contributed by atoms with E-state index in [-0.39, 0.29) is 22.6 Å². The second-order valence-electron chi connectivity index (χ2n) is 4.42. The molecule has 0 radical (unpaired) electrons. The van der Waals surface area contributed by atoms with Gasteiger partial charge in [0.15, 0.2) is 0 Å². The molecule has 17 heavy (non-hydrogen) atoms. The van der Waals surface area contributed by atoms with Crippen molar-refractivity contribution in [2.75, 3.05) is 0 Å². The number of hydrogen-bond acceptors (Lipinski definition) is 3. The maximum Gasteiger partial charge on any atom is 0.0628 e. The van der Waals surface area contributed by atoms with Crippen LogP contribution in [-0.2, 0) is 0 Å². The van der Waals surface area contributed by atoms with E-state index in [1.807, 2.05) is 38.1 Å². The van der Waals surface area contributed by atoms with E-state index in [1.54, 1.807) is 18.7 Å². The van der Waals surface area contributed by atoms with E-state index in [9.17, 15) is 5.11 Å². The van der Waals surface area contributed by atoms with Gasteiger partial charge >= 0.3 is 0 Å². The molecule has 1 aromatic carbocycles. The topological polar surface area (TPSA) is 46.2 Å². The second kappa shape index (κ2) is 6.64. The van der Waals surface area contributed by atoms with Crippen LogP contribution in [0, 0.1) is 0 Å². The second-order valence-corrected chi connectivity index (χ2v) is 6.38. The number of benzene rings is 1. The molecular weight excluding hydrogens is 254 g/mol. The monoisotopic (exact) mass is 273 g/mol. The molecule has 0 aliphatic heterocycles. The van der Waals surface area contributed by atoms with Crippen molar-refractivity contribution >= 4 is 23.4 Å². The van der Waals surface area contributed by atoms with Crippen LogP contribution < -0.4 is 5.73 Å². The number of nitrogens with two attached hydrogens (primary N) is 1. The van der Waals surface area contributed by atoms with Gasteiger partial charge in [-0.2, -0.15) is 0 Å². The van der Waals surface area contributed by atoms with Crippen molar-refractivity contribution < 1.29 is 5.11 Å². The first-order valence-electron chi connectivity index (χ1n) is 5.76. The Morgan fingerprint density at radius 2 is 1.94 bits per heavy atom. The minimum Gasteiger partial charge on any atom is -0.392 e. The molecule has 1 rings (SSSR count). The van der Waals surface area contributed by atoms with E-state index >= 15 is 0 Å². The highest BCUT2D eigenvalue weighted by molar-refractivity contribution is 8.00. The normalized spacial score (nSPS) is 18.5. The zero-order valence-electron chi connectivity index (χ0n) is 10.4. The van der Waals surface area contributed by atoms with Crippen LogP contribution in [0.4, 0.5) is 0 Å². The van der Waals surface area contributed by atoms with Crippen LogP contribution in [0.3, 0.4) is 0 Å². The van der Waals surface area contributed by atoms with Crippen LogP contribution in [0.15, 0.2) is 24.3 Å². The molecule has 0 amide bonds. The molecule has 3 N–H and O–H groups in total. The molecule has 0 heterocycles. The van der Waals surface area contributed by atoms with Gasteiger partial charge in [0.25, 0.3) is 0 Å². The van der Waals surface area contributed by atoms with Gasteiger partial charge in [0.2, 0.25) is 0 Å². The molecule has 0 fully saturated rings. The van der Waals surface area contributed by atoms with Crippen molar-refractivity contribution in [1.82, 2.24) is 0 Å². The van der Waals surface area contributed by atoms with Gasteiger partial charge in [-0.3, -0.25) is 0 Å². The summed E-state index contributed by atoms with van der Waals surface area (Å²) in [4.78, 5) is 0. The fraction of sp³-hybridized carbons (Fsp3) is 0.538. The van der Waals surface area contributed by atoms with E-state index in [2.05, 4.69) is 0 Å². The fourth-order valence-electron chi connectivity index (χ4n) is 1.53. The minimum absolute atomic E-state index is 0.0136. The molecular formula is C13H20ClNOS. The lowest BCUT2D eigenvalue weighted by atomic mass is 10.1. The molecule has 0 spiro atoms. The largest absolute Gasteiger partial charge is 0.392 e. The summed E-state index contributed by atoms with van der Waals surface area (Å²) in [5.74, 6) is 0. The molecule has 0 saturated carbocycles. The van der Waals surface area contributed by atoms with Gasteiger partial charge in [0.1, 0.15) is 0 Å². The summed E-state index contributed by atoms with van der Waals surface area (Å²) < 4.78 is 0. The van der Waals surface area contributed by atoms with Crippen molar-refractivity contribution in [2.24, 2.45) is 5.73 Å². The Labute approximate surface area is 113 Å². The maximum absolute atomic E-state index is 9.57. The molecule has 1 aromatic rings. The SMILES string of the molecule is CC(N)C(SC(C)C(C)O)c1cccc(Cl)c1. The van der Waals surface area contributed by atoms with Crippen molar-refractivity contribution in [3.05, 3.63) is 34.9 Å². The van der Waals surface area contributed by atoms with Gasteiger partial charge in [-0.05, 0) is 31.5 Å². The maximum atomic E-state index is 9.57. The number of aliphatic hydroxyl groups excluding tert-OH is 1. The first-order chi connectivity index (χ1) is 7.91. The van der Waals surface area contributed by atoms with E-state index < -0.39 is 0 Å². The molecule has 4 atom stereocenters. The number of rotatable bonds is 5. The smallest absolute Gasteiger partial charge is 0.0628 e. The molecule has 96 valence electrons. The predicted molar refractivity (Wildman–Crippen MR) is 76.6 cm³/mol. The van der Waals surface area contributed by atoms with Crippen molar-refractivity contribution in [3.8, 4) is 0 Å². The van der Waals surface area contributed by atoms with Gasteiger partial charge < -0.3 is 10.8 Å². The molecule has 2 nitrogen and oxygen atoms in total. The Kier molecular flexibility index (Phi) is 5.80. The third kappa shape index (κ3) is 4.51. The summed E-state index contributed by atoms with van der Waals surface area (Å²) >= 11 is 7.68. The summed E-state index contributed by atoms with van der Waals surface area (Å²) in [6.45, 7) is 5.79. The van der Waals surface area contributed by atoms with Gasteiger partial charge in [0, 0.05) is 21.6 Å². The first-order valence-corrected chi connectivity index (χ1v) is 7.08. The number of halogens is 1. The minimum atomic E-state index is -0.347. The Bertz CT molecular complexity index is 357. The van der Waals surface area contributed by atoms with Crippen molar-refractivity contribution in [2.45, 2.75) is 43.4 Å². The molecule has 0 aromatic heterocycles. The number of aliphatic hydroxyl groups is 1. The van der Waals surface area contributed by atoms with E-state index in [4.69, 9.17) is 17.3 Å². The average Bonchev–Trinajstić information content (AvgIpc) is 2.24. The highest BCUT2D eigenvalue weighted by Gasteiger charge is 2.22. The van der Waals surface area contributed by atoms with Crippen LogP contribution in [-0.4, -0.2) is 22.5 Å².